The lowest BCUT2D eigenvalue weighted by Gasteiger charge is -2.09. The van der Waals surface area contributed by atoms with Gasteiger partial charge in [0.05, 0.1) is 4.47 Å². The van der Waals surface area contributed by atoms with E-state index < -0.39 is 11.9 Å². The summed E-state index contributed by atoms with van der Waals surface area (Å²) in [6.07, 6.45) is 0. The van der Waals surface area contributed by atoms with E-state index in [4.69, 9.17) is 15.2 Å². The summed E-state index contributed by atoms with van der Waals surface area (Å²) in [5.74, 6) is -0.388. The zero-order valence-corrected chi connectivity index (χ0v) is 14.1. The fourth-order valence-corrected chi connectivity index (χ4v) is 2.44. The lowest BCUT2D eigenvalue weighted by molar-refractivity contribution is -0.147. The van der Waals surface area contributed by atoms with Crippen LogP contribution >= 0.6 is 15.9 Å². The highest BCUT2D eigenvalue weighted by molar-refractivity contribution is 9.10. The van der Waals surface area contributed by atoms with Gasteiger partial charge in [-0.05, 0) is 58.2 Å². The van der Waals surface area contributed by atoms with E-state index in [0.29, 0.717) is 11.3 Å². The Morgan fingerprint density at radius 3 is 2.43 bits per heavy atom. The summed E-state index contributed by atoms with van der Waals surface area (Å²) in [6, 6.07) is 12.1. The first-order chi connectivity index (χ1) is 11.0. The van der Waals surface area contributed by atoms with Gasteiger partial charge < -0.3 is 15.2 Å². The maximum Gasteiger partial charge on any atom is 0.344 e. The summed E-state index contributed by atoms with van der Waals surface area (Å²) in [5.41, 5.74) is 7.42. The molecule has 0 heterocycles. The normalized spacial score (nSPS) is 10.2. The minimum Gasteiger partial charge on any atom is -0.481 e. The average molecular weight is 378 g/mol. The van der Waals surface area contributed by atoms with E-state index in [9.17, 15) is 9.59 Å². The van der Waals surface area contributed by atoms with E-state index >= 15 is 0 Å². The molecule has 2 N–H and O–H groups in total. The Hall–Kier alpha value is -2.34. The number of rotatable bonds is 6. The van der Waals surface area contributed by atoms with Gasteiger partial charge >= 0.3 is 5.97 Å². The summed E-state index contributed by atoms with van der Waals surface area (Å²) in [6.45, 7) is 1.89. The fraction of sp³-hybridized carbons (Fsp3) is 0.176. The van der Waals surface area contributed by atoms with Crippen molar-refractivity contribution in [1.82, 2.24) is 0 Å². The number of benzene rings is 2. The fourth-order valence-electron chi connectivity index (χ4n) is 1.83. The quantitative estimate of drug-likeness (QED) is 0.784. The monoisotopic (exact) mass is 377 g/mol. The zero-order valence-electron chi connectivity index (χ0n) is 12.5. The average Bonchev–Trinajstić information content (AvgIpc) is 2.52. The first kappa shape index (κ1) is 17.0. The van der Waals surface area contributed by atoms with Gasteiger partial charge in [-0.3, -0.25) is 4.79 Å². The highest BCUT2D eigenvalue weighted by atomic mass is 79.9. The van der Waals surface area contributed by atoms with Crippen molar-refractivity contribution in [3.8, 4) is 5.75 Å². The molecular formula is C17H16BrNO4. The van der Waals surface area contributed by atoms with E-state index in [0.717, 1.165) is 15.6 Å². The molecule has 2 rings (SSSR count). The Bertz CT molecular complexity index is 713. The van der Waals surface area contributed by atoms with Gasteiger partial charge in [-0.25, -0.2) is 4.79 Å². The maximum atomic E-state index is 11.7. The van der Waals surface area contributed by atoms with Crippen molar-refractivity contribution in [3.63, 3.8) is 0 Å². The van der Waals surface area contributed by atoms with Crippen LogP contribution in [-0.4, -0.2) is 18.5 Å². The molecule has 0 aliphatic heterocycles. The smallest absolute Gasteiger partial charge is 0.344 e. The van der Waals surface area contributed by atoms with Gasteiger partial charge in [0.2, 0.25) is 5.91 Å². The topological polar surface area (TPSA) is 78.6 Å². The molecule has 1 amide bonds. The molecule has 0 spiro atoms. The van der Waals surface area contributed by atoms with Gasteiger partial charge in [0.15, 0.2) is 6.61 Å². The number of halogens is 1. The lowest BCUT2D eigenvalue weighted by atomic mass is 10.1. The first-order valence-electron chi connectivity index (χ1n) is 6.89. The van der Waals surface area contributed by atoms with E-state index in [-0.39, 0.29) is 13.2 Å². The molecule has 5 nitrogen and oxygen atoms in total. The van der Waals surface area contributed by atoms with Crippen molar-refractivity contribution < 1.29 is 19.1 Å². The third-order valence-corrected chi connectivity index (χ3v) is 3.69. The van der Waals surface area contributed by atoms with Gasteiger partial charge in [-0.2, -0.15) is 0 Å². The predicted molar refractivity (Wildman–Crippen MR) is 89.1 cm³/mol. The number of esters is 1. The van der Waals surface area contributed by atoms with Gasteiger partial charge in [-0.15, -0.1) is 0 Å². The van der Waals surface area contributed by atoms with Crippen molar-refractivity contribution >= 4 is 27.8 Å². The van der Waals surface area contributed by atoms with Crippen molar-refractivity contribution in [1.29, 1.82) is 0 Å². The second kappa shape index (κ2) is 7.78. The van der Waals surface area contributed by atoms with E-state index in [1.165, 1.54) is 0 Å². The van der Waals surface area contributed by atoms with Gasteiger partial charge in [-0.1, -0.05) is 18.2 Å². The van der Waals surface area contributed by atoms with Crippen LogP contribution < -0.4 is 10.5 Å². The molecular weight excluding hydrogens is 362 g/mol. The molecule has 120 valence electrons. The van der Waals surface area contributed by atoms with Gasteiger partial charge in [0.25, 0.3) is 0 Å². The van der Waals surface area contributed by atoms with Crippen LogP contribution in [0.25, 0.3) is 0 Å². The highest BCUT2D eigenvalue weighted by Gasteiger charge is 2.08. The number of primary amides is 1. The molecule has 0 aliphatic rings. The number of hydrogen-bond acceptors (Lipinski definition) is 4. The van der Waals surface area contributed by atoms with Crippen LogP contribution in [0.2, 0.25) is 0 Å². The Kier molecular flexibility index (Phi) is 5.76. The van der Waals surface area contributed by atoms with Crippen LogP contribution in [0.15, 0.2) is 46.9 Å². The third kappa shape index (κ3) is 5.10. The Morgan fingerprint density at radius 2 is 1.83 bits per heavy atom. The van der Waals surface area contributed by atoms with Crippen LogP contribution in [-0.2, 0) is 16.1 Å². The molecule has 0 fully saturated rings. The molecule has 0 bridgehead atoms. The number of hydrogen-bond donors (Lipinski definition) is 1. The second-order valence-electron chi connectivity index (χ2n) is 4.94. The first-order valence-corrected chi connectivity index (χ1v) is 7.68. The Balaban J connectivity index is 1.82. The molecule has 0 aromatic heterocycles. The van der Waals surface area contributed by atoms with Crippen LogP contribution in [0.4, 0.5) is 0 Å². The van der Waals surface area contributed by atoms with Gasteiger partial charge in [0.1, 0.15) is 12.4 Å². The minimum atomic E-state index is -0.495. The molecule has 0 radical (unpaired) electrons. The number of carbonyl (C=O) groups is 2. The number of amides is 1. The van der Waals surface area contributed by atoms with Crippen molar-refractivity contribution in [2.45, 2.75) is 13.5 Å². The van der Waals surface area contributed by atoms with Crippen molar-refractivity contribution in [2.24, 2.45) is 5.73 Å². The Labute approximate surface area is 142 Å². The largest absolute Gasteiger partial charge is 0.481 e. The molecule has 0 atom stereocenters. The molecule has 6 heteroatoms. The van der Waals surface area contributed by atoms with Crippen LogP contribution in [0.1, 0.15) is 21.5 Å². The number of aryl methyl sites for hydroxylation is 1. The number of ether oxygens (including phenoxy) is 2. The lowest BCUT2D eigenvalue weighted by Crippen LogP contribution is -2.15. The molecule has 0 saturated carbocycles. The minimum absolute atomic E-state index is 0.107. The van der Waals surface area contributed by atoms with E-state index in [2.05, 4.69) is 15.9 Å². The Morgan fingerprint density at radius 1 is 1.13 bits per heavy atom. The summed E-state index contributed by atoms with van der Waals surface area (Å²) in [4.78, 5) is 22.7. The molecule has 0 unspecified atom stereocenters. The molecule has 2 aromatic carbocycles. The SMILES string of the molecule is Cc1ccc(OCC(=O)OCc2ccc(C(N)=O)cc2)c(Br)c1. The third-order valence-electron chi connectivity index (χ3n) is 3.07. The van der Waals surface area contributed by atoms with Crippen LogP contribution in [0, 0.1) is 6.92 Å². The van der Waals surface area contributed by atoms with Crippen molar-refractivity contribution in [3.05, 3.63) is 63.6 Å². The van der Waals surface area contributed by atoms with Crippen molar-refractivity contribution in [2.75, 3.05) is 6.61 Å². The number of carbonyl (C=O) groups excluding carboxylic acids is 2. The summed E-state index contributed by atoms with van der Waals surface area (Å²) >= 11 is 3.38. The summed E-state index contributed by atoms with van der Waals surface area (Å²) < 4.78 is 11.3. The highest BCUT2D eigenvalue weighted by Crippen LogP contribution is 2.25. The maximum absolute atomic E-state index is 11.7. The second-order valence-corrected chi connectivity index (χ2v) is 5.80. The summed E-state index contributed by atoms with van der Waals surface area (Å²) in [5, 5.41) is 0. The number of nitrogens with two attached hydrogens (primary N) is 1. The van der Waals surface area contributed by atoms with Crippen LogP contribution in [0.3, 0.4) is 0 Å². The molecule has 0 aliphatic carbocycles. The summed E-state index contributed by atoms with van der Waals surface area (Å²) in [7, 11) is 0. The van der Waals surface area contributed by atoms with Crippen LogP contribution in [0.5, 0.6) is 5.75 Å². The molecule has 23 heavy (non-hydrogen) atoms. The standard InChI is InChI=1S/C17H16BrNO4/c1-11-2-7-15(14(18)8-11)22-10-16(20)23-9-12-3-5-13(6-4-12)17(19)21/h2-8H,9-10H2,1H3,(H2,19,21). The molecule has 2 aromatic rings. The van der Waals surface area contributed by atoms with Gasteiger partial charge in [0, 0.05) is 5.56 Å². The predicted octanol–water partition coefficient (Wildman–Crippen LogP) is 2.98. The molecule has 0 saturated heterocycles. The van der Waals surface area contributed by atoms with E-state index in [1.807, 2.05) is 19.1 Å². The zero-order chi connectivity index (χ0) is 16.8. The van der Waals surface area contributed by atoms with E-state index in [1.54, 1.807) is 30.3 Å².